The number of carbonyl (C=O) groups excluding carboxylic acids is 2. The molecule has 0 aromatic heterocycles. The zero-order chi connectivity index (χ0) is 19.9. The number of likely N-dealkylation sites (tertiary alicyclic amines) is 1. The number of amides is 1. The summed E-state index contributed by atoms with van der Waals surface area (Å²) in [4.78, 5) is 26.3. The Labute approximate surface area is 166 Å². The molecular formula is C23H26N2O3. The summed E-state index contributed by atoms with van der Waals surface area (Å²) in [5, 5.41) is 2.70. The number of nitrogens with zero attached hydrogens (tertiary/aromatic N) is 1. The number of rotatable bonds is 6. The van der Waals surface area contributed by atoms with E-state index in [0.29, 0.717) is 17.0 Å². The van der Waals surface area contributed by atoms with Crippen LogP contribution in [0.3, 0.4) is 0 Å². The molecule has 1 heterocycles. The van der Waals surface area contributed by atoms with Gasteiger partial charge in [-0.15, -0.1) is 0 Å². The molecule has 0 radical (unpaired) electrons. The lowest BCUT2D eigenvalue weighted by Gasteiger charge is -2.28. The Morgan fingerprint density at radius 1 is 1.11 bits per heavy atom. The molecule has 0 unspecified atom stereocenters. The molecule has 1 aliphatic rings. The van der Waals surface area contributed by atoms with Gasteiger partial charge in [0.2, 0.25) is 5.91 Å². The van der Waals surface area contributed by atoms with Crippen molar-refractivity contribution in [2.45, 2.75) is 26.3 Å². The standard InChI is InChI=1S/C23H26N2O3/c1-17(26)24-21-9-8-20(15-23(21)28-2)22(27)14-18-10-12-25(13-11-18)16-19-6-4-3-5-7-19/h3-9,14-15H,10-13,16H2,1-2H3,(H,24,26). The molecule has 28 heavy (non-hydrogen) atoms. The number of piperidine rings is 1. The first-order valence-corrected chi connectivity index (χ1v) is 9.51. The van der Waals surface area contributed by atoms with Gasteiger partial charge in [0.15, 0.2) is 5.78 Å². The quantitative estimate of drug-likeness (QED) is 0.608. The van der Waals surface area contributed by atoms with E-state index in [1.807, 2.05) is 6.07 Å². The largest absolute Gasteiger partial charge is 0.495 e. The molecule has 0 spiro atoms. The van der Waals surface area contributed by atoms with Crippen molar-refractivity contribution in [3.05, 3.63) is 71.3 Å². The molecule has 1 amide bonds. The number of ether oxygens (including phenoxy) is 1. The lowest BCUT2D eigenvalue weighted by molar-refractivity contribution is -0.114. The van der Waals surface area contributed by atoms with Crippen LogP contribution in [0.25, 0.3) is 0 Å². The molecule has 2 aromatic rings. The van der Waals surface area contributed by atoms with Crippen molar-refractivity contribution >= 4 is 17.4 Å². The van der Waals surface area contributed by atoms with E-state index in [1.165, 1.54) is 25.2 Å². The fourth-order valence-corrected chi connectivity index (χ4v) is 3.39. The van der Waals surface area contributed by atoms with Crippen LogP contribution in [-0.4, -0.2) is 36.8 Å². The van der Waals surface area contributed by atoms with Crippen LogP contribution in [0.1, 0.15) is 35.7 Å². The predicted molar refractivity (Wildman–Crippen MR) is 111 cm³/mol. The van der Waals surface area contributed by atoms with Gasteiger partial charge in [-0.2, -0.15) is 0 Å². The van der Waals surface area contributed by atoms with Gasteiger partial charge in [-0.25, -0.2) is 0 Å². The molecule has 2 aromatic carbocycles. The molecule has 146 valence electrons. The van der Waals surface area contributed by atoms with Gasteiger partial charge in [-0.1, -0.05) is 35.9 Å². The van der Waals surface area contributed by atoms with Gasteiger partial charge < -0.3 is 10.1 Å². The number of carbonyl (C=O) groups is 2. The maximum atomic E-state index is 12.7. The lowest BCUT2D eigenvalue weighted by atomic mass is 9.99. The number of nitrogens with one attached hydrogen (secondary N) is 1. The van der Waals surface area contributed by atoms with E-state index >= 15 is 0 Å². The van der Waals surface area contributed by atoms with Crippen LogP contribution >= 0.6 is 0 Å². The summed E-state index contributed by atoms with van der Waals surface area (Å²) in [6.07, 6.45) is 3.56. The first-order chi connectivity index (χ1) is 13.5. The molecule has 0 bridgehead atoms. The number of hydrogen-bond acceptors (Lipinski definition) is 4. The van der Waals surface area contributed by atoms with E-state index in [1.54, 1.807) is 24.3 Å². The molecule has 0 saturated carbocycles. The molecule has 5 nitrogen and oxygen atoms in total. The van der Waals surface area contributed by atoms with Crippen molar-refractivity contribution in [3.8, 4) is 5.75 Å². The van der Waals surface area contributed by atoms with Crippen LogP contribution in [0, 0.1) is 0 Å². The molecule has 0 aliphatic carbocycles. The van der Waals surface area contributed by atoms with E-state index in [2.05, 4.69) is 34.5 Å². The summed E-state index contributed by atoms with van der Waals surface area (Å²) in [7, 11) is 1.52. The third-order valence-electron chi connectivity index (χ3n) is 4.88. The number of benzene rings is 2. The molecule has 5 heteroatoms. The highest BCUT2D eigenvalue weighted by Crippen LogP contribution is 2.26. The smallest absolute Gasteiger partial charge is 0.221 e. The van der Waals surface area contributed by atoms with Gasteiger partial charge in [-0.05, 0) is 42.7 Å². The zero-order valence-electron chi connectivity index (χ0n) is 16.4. The van der Waals surface area contributed by atoms with Crippen molar-refractivity contribution in [2.75, 3.05) is 25.5 Å². The summed E-state index contributed by atoms with van der Waals surface area (Å²) >= 11 is 0. The molecular weight excluding hydrogens is 352 g/mol. The predicted octanol–water partition coefficient (Wildman–Crippen LogP) is 4.06. The maximum absolute atomic E-state index is 12.7. The van der Waals surface area contributed by atoms with Gasteiger partial charge in [0.25, 0.3) is 0 Å². The van der Waals surface area contributed by atoms with Gasteiger partial charge in [0.05, 0.1) is 12.8 Å². The normalized spacial score (nSPS) is 14.4. The highest BCUT2D eigenvalue weighted by atomic mass is 16.5. The van der Waals surface area contributed by atoms with Crippen LogP contribution in [0.5, 0.6) is 5.75 Å². The van der Waals surface area contributed by atoms with E-state index in [9.17, 15) is 9.59 Å². The second-order valence-electron chi connectivity index (χ2n) is 7.02. The number of anilines is 1. The summed E-state index contributed by atoms with van der Waals surface area (Å²) in [5.74, 6) is 0.276. The Morgan fingerprint density at radius 2 is 1.82 bits per heavy atom. The van der Waals surface area contributed by atoms with Crippen LogP contribution in [0.4, 0.5) is 5.69 Å². The van der Waals surface area contributed by atoms with E-state index in [0.717, 1.165) is 32.5 Å². The highest BCUT2D eigenvalue weighted by molar-refractivity contribution is 6.06. The fraction of sp³-hybridized carbons (Fsp3) is 0.304. The second kappa shape index (κ2) is 9.33. The Morgan fingerprint density at radius 3 is 2.46 bits per heavy atom. The van der Waals surface area contributed by atoms with Crippen molar-refractivity contribution < 1.29 is 14.3 Å². The topological polar surface area (TPSA) is 58.6 Å². The Bertz CT molecular complexity index is 865. The fourth-order valence-electron chi connectivity index (χ4n) is 3.39. The van der Waals surface area contributed by atoms with Crippen LogP contribution in [0.2, 0.25) is 0 Å². The first kappa shape index (κ1) is 19.8. The third-order valence-corrected chi connectivity index (χ3v) is 4.88. The number of ketones is 1. The zero-order valence-corrected chi connectivity index (χ0v) is 16.4. The lowest BCUT2D eigenvalue weighted by Crippen LogP contribution is -2.30. The maximum Gasteiger partial charge on any atom is 0.221 e. The Balaban J connectivity index is 1.61. The molecule has 1 fully saturated rings. The average Bonchev–Trinajstić information content (AvgIpc) is 2.70. The minimum Gasteiger partial charge on any atom is -0.495 e. The Kier molecular flexibility index (Phi) is 6.61. The summed E-state index contributed by atoms with van der Waals surface area (Å²) in [5.41, 5.74) is 3.62. The molecule has 1 saturated heterocycles. The second-order valence-corrected chi connectivity index (χ2v) is 7.02. The minimum atomic E-state index is -0.179. The third kappa shape index (κ3) is 5.30. The molecule has 1 aliphatic heterocycles. The monoisotopic (exact) mass is 378 g/mol. The SMILES string of the molecule is COc1cc(C(=O)C=C2CCN(Cc3ccccc3)CC2)ccc1NC(C)=O. The first-order valence-electron chi connectivity index (χ1n) is 9.51. The van der Waals surface area contributed by atoms with Crippen molar-refractivity contribution in [2.24, 2.45) is 0 Å². The summed E-state index contributed by atoms with van der Waals surface area (Å²) in [6, 6.07) is 15.6. The highest BCUT2D eigenvalue weighted by Gasteiger charge is 2.16. The van der Waals surface area contributed by atoms with Gasteiger partial charge in [-0.3, -0.25) is 14.5 Å². The number of hydrogen-bond donors (Lipinski definition) is 1. The van der Waals surface area contributed by atoms with Crippen molar-refractivity contribution in [3.63, 3.8) is 0 Å². The summed E-state index contributed by atoms with van der Waals surface area (Å²) in [6.45, 7) is 4.30. The van der Waals surface area contributed by atoms with E-state index in [-0.39, 0.29) is 11.7 Å². The van der Waals surface area contributed by atoms with Gasteiger partial charge in [0.1, 0.15) is 5.75 Å². The van der Waals surface area contributed by atoms with Crippen LogP contribution < -0.4 is 10.1 Å². The van der Waals surface area contributed by atoms with E-state index in [4.69, 9.17) is 4.74 Å². The van der Waals surface area contributed by atoms with Gasteiger partial charge >= 0.3 is 0 Å². The van der Waals surface area contributed by atoms with Crippen LogP contribution in [-0.2, 0) is 11.3 Å². The van der Waals surface area contributed by atoms with E-state index < -0.39 is 0 Å². The molecule has 0 atom stereocenters. The number of methoxy groups -OCH3 is 1. The van der Waals surface area contributed by atoms with Crippen LogP contribution in [0.15, 0.2) is 60.2 Å². The minimum absolute atomic E-state index is 0.0285. The average molecular weight is 378 g/mol. The van der Waals surface area contributed by atoms with Crippen molar-refractivity contribution in [1.29, 1.82) is 0 Å². The molecule has 1 N–H and O–H groups in total. The van der Waals surface area contributed by atoms with Crippen molar-refractivity contribution in [1.82, 2.24) is 4.90 Å². The summed E-state index contributed by atoms with van der Waals surface area (Å²) < 4.78 is 5.30. The molecule has 3 rings (SSSR count). The Hall–Kier alpha value is -2.92. The number of allylic oxidation sites excluding steroid dienone is 1. The van der Waals surface area contributed by atoms with Gasteiger partial charge in [0, 0.05) is 32.1 Å².